The highest BCUT2D eigenvalue weighted by Gasteiger charge is 2.20. The minimum Gasteiger partial charge on any atom is -0.481 e. The summed E-state index contributed by atoms with van der Waals surface area (Å²) < 4.78 is 24.8. The number of carbonyl (C=O) groups is 8. The summed E-state index contributed by atoms with van der Waals surface area (Å²) in [4.78, 5) is 88.9. The van der Waals surface area contributed by atoms with Crippen molar-refractivity contribution in [3.05, 3.63) is 35.9 Å². The normalized spacial score (nSPS) is 11.4. The summed E-state index contributed by atoms with van der Waals surface area (Å²) in [5, 5.41) is 8.25. The van der Waals surface area contributed by atoms with Gasteiger partial charge in [0.25, 0.3) is 0 Å². The first-order valence-electron chi connectivity index (χ1n) is 26.7. The van der Waals surface area contributed by atoms with Gasteiger partial charge < -0.3 is 50.9 Å². The van der Waals surface area contributed by atoms with E-state index in [2.05, 4.69) is 0 Å². The lowest BCUT2D eigenvalue weighted by Gasteiger charge is -2.15. The molecule has 0 aliphatic heterocycles. The van der Waals surface area contributed by atoms with Gasteiger partial charge in [0, 0.05) is 68.5 Å². The Kier molecular flexibility index (Phi) is 59.6. The Bertz CT molecular complexity index is 1630. The second-order valence-electron chi connectivity index (χ2n) is 20.7. The van der Waals surface area contributed by atoms with Crippen LogP contribution in [0.25, 0.3) is 0 Å². The van der Waals surface area contributed by atoms with Crippen LogP contribution in [-0.4, -0.2) is 163 Å². The Labute approximate surface area is 460 Å². The summed E-state index contributed by atoms with van der Waals surface area (Å²) in [7, 11) is 7.04. The number of nitrogens with two attached hydrogens (primary N) is 3. The van der Waals surface area contributed by atoms with Crippen molar-refractivity contribution in [3.8, 4) is 0 Å². The molecule has 0 amide bonds. The number of hydrogen-bond acceptors (Lipinski definition) is 17. The summed E-state index contributed by atoms with van der Waals surface area (Å²) in [6.07, 6.45) is 1.59. The number of aliphatic carboxylic acids is 1. The fraction of sp³-hybridized carbons (Fsp3) is 0.759. The van der Waals surface area contributed by atoms with E-state index in [1.165, 1.54) is 0 Å². The number of rotatable bonds is 32. The molecule has 1 aromatic rings. The summed E-state index contributed by atoms with van der Waals surface area (Å²) in [5.74, 6) is 1.07. The van der Waals surface area contributed by atoms with Crippen molar-refractivity contribution in [2.24, 2.45) is 64.5 Å². The Hall–Kier alpha value is -3.98. The topological polar surface area (TPSA) is 284 Å². The maximum Gasteiger partial charge on any atom is 0.303 e. The van der Waals surface area contributed by atoms with E-state index in [0.717, 1.165) is 5.56 Å². The largest absolute Gasteiger partial charge is 0.481 e. The van der Waals surface area contributed by atoms with Gasteiger partial charge in [-0.3, -0.25) is 38.4 Å². The molecule has 0 bridgehead atoms. The molecule has 0 fully saturated rings. The fourth-order valence-electron chi connectivity index (χ4n) is 4.73. The molecule has 0 heterocycles. The average Bonchev–Trinajstić information content (AvgIpc) is 3.34. The van der Waals surface area contributed by atoms with Gasteiger partial charge in [0.2, 0.25) is 0 Å². The maximum absolute atomic E-state index is 11.5. The predicted molar refractivity (Wildman–Crippen MR) is 305 cm³/mol. The van der Waals surface area contributed by atoms with Crippen LogP contribution in [0.4, 0.5) is 0 Å². The van der Waals surface area contributed by atoms with Gasteiger partial charge >= 0.3 is 5.97 Å². The van der Waals surface area contributed by atoms with Crippen molar-refractivity contribution in [1.29, 1.82) is 0 Å². The lowest BCUT2D eigenvalue weighted by molar-refractivity contribution is -0.137. The number of carboxylic acid groups (broad SMARTS) is 1. The molecule has 18 nitrogen and oxygen atoms in total. The van der Waals surface area contributed by atoms with Gasteiger partial charge in [0.15, 0.2) is 23.1 Å². The third kappa shape index (κ3) is 59.3. The molecule has 0 radical (unpaired) electrons. The fourth-order valence-corrected chi connectivity index (χ4v) is 4.73. The Morgan fingerprint density at radius 2 is 0.882 bits per heavy atom. The van der Waals surface area contributed by atoms with E-state index >= 15 is 0 Å². The minimum atomic E-state index is -0.832. The van der Waals surface area contributed by atoms with Crippen molar-refractivity contribution < 1.29 is 67.1 Å². The highest BCUT2D eigenvalue weighted by Crippen LogP contribution is 2.08. The van der Waals surface area contributed by atoms with Crippen molar-refractivity contribution in [3.63, 3.8) is 0 Å². The molecule has 446 valence electrons. The Balaban J connectivity index is -0.000000190. The molecule has 18 heteroatoms. The molecule has 0 saturated heterocycles. The maximum atomic E-state index is 11.5. The number of hydrogen-bond donors (Lipinski definition) is 4. The number of methoxy groups -OCH3 is 2. The van der Waals surface area contributed by atoms with Crippen LogP contribution in [0, 0.1) is 47.3 Å². The number of ether oxygens (including phenoxy) is 5. The van der Waals surface area contributed by atoms with Crippen molar-refractivity contribution in [2.45, 2.75) is 149 Å². The van der Waals surface area contributed by atoms with Crippen LogP contribution < -0.4 is 17.2 Å². The van der Waals surface area contributed by atoms with E-state index in [-0.39, 0.29) is 120 Å². The lowest BCUT2D eigenvalue weighted by atomic mass is 9.94. The zero-order valence-corrected chi connectivity index (χ0v) is 51.0. The van der Waals surface area contributed by atoms with E-state index in [9.17, 15) is 38.4 Å². The van der Waals surface area contributed by atoms with Gasteiger partial charge in [-0.05, 0) is 38.4 Å². The number of carbonyl (C=O) groups excluding carboxylic acids is 7. The molecular weight excluding hydrogens is 977 g/mol. The van der Waals surface area contributed by atoms with Crippen LogP contribution in [0.1, 0.15) is 136 Å². The molecule has 2 unspecified atom stereocenters. The highest BCUT2D eigenvalue weighted by molar-refractivity contribution is 5.86. The molecule has 0 aliphatic rings. The lowest BCUT2D eigenvalue weighted by Crippen LogP contribution is -2.38. The Morgan fingerprint density at radius 3 is 1.17 bits per heavy atom. The SMILES string of the molecule is CC(C)C(=O)C(N)C(C)C.CC(C)C(=O)C(N)Cc1ccccc1.CC(C)C(=O)CCCC(=O)O.CC(C)C(=O)CN.CC(C)C(=O)CN(C)C.COCCOCC(=O)C(C)C.COCCOCCOCC(=O)C(C)C. The van der Waals surface area contributed by atoms with E-state index < -0.39 is 5.97 Å². The van der Waals surface area contributed by atoms with Gasteiger partial charge in [-0.1, -0.05) is 141 Å². The van der Waals surface area contributed by atoms with Crippen LogP contribution in [0.15, 0.2) is 30.3 Å². The quantitative estimate of drug-likeness (QED) is 0.0521. The molecule has 0 spiro atoms. The smallest absolute Gasteiger partial charge is 0.303 e. The molecule has 0 aliphatic carbocycles. The van der Waals surface area contributed by atoms with Gasteiger partial charge in [-0.2, -0.15) is 0 Å². The van der Waals surface area contributed by atoms with Crippen LogP contribution in [0.5, 0.6) is 0 Å². The summed E-state index contributed by atoms with van der Waals surface area (Å²) in [6, 6.07) is 9.22. The number of benzene rings is 1. The van der Waals surface area contributed by atoms with Crippen LogP contribution in [0.2, 0.25) is 0 Å². The minimum absolute atomic E-state index is 0.0220. The van der Waals surface area contributed by atoms with Crippen molar-refractivity contribution >= 4 is 46.5 Å². The molecule has 1 aromatic carbocycles. The molecule has 76 heavy (non-hydrogen) atoms. The van der Waals surface area contributed by atoms with Crippen molar-refractivity contribution in [1.82, 2.24) is 4.90 Å². The first-order chi connectivity index (χ1) is 35.2. The molecular formula is C58H110N4O14. The highest BCUT2D eigenvalue weighted by atomic mass is 16.5. The van der Waals surface area contributed by atoms with Crippen LogP contribution in [0.3, 0.4) is 0 Å². The molecule has 0 saturated carbocycles. The number of carboxylic acids is 1. The first-order valence-corrected chi connectivity index (χ1v) is 26.7. The van der Waals surface area contributed by atoms with E-state index in [0.29, 0.717) is 71.2 Å². The van der Waals surface area contributed by atoms with Crippen molar-refractivity contribution in [2.75, 3.05) is 94.3 Å². The number of ketones is 7. The molecule has 0 aromatic heterocycles. The summed E-state index contributed by atoms with van der Waals surface area (Å²) in [5.41, 5.74) is 17.6. The molecule has 7 N–H and O–H groups in total. The van der Waals surface area contributed by atoms with E-state index in [1.807, 2.05) is 160 Å². The van der Waals surface area contributed by atoms with Crippen LogP contribution >= 0.6 is 0 Å². The number of nitrogens with zero attached hydrogens (tertiary/aromatic N) is 1. The van der Waals surface area contributed by atoms with Gasteiger partial charge in [-0.15, -0.1) is 0 Å². The average molecular weight is 1090 g/mol. The summed E-state index contributed by atoms with van der Waals surface area (Å²) >= 11 is 0. The van der Waals surface area contributed by atoms with Gasteiger partial charge in [-0.25, -0.2) is 0 Å². The zero-order valence-electron chi connectivity index (χ0n) is 51.0. The third-order valence-electron chi connectivity index (χ3n) is 10.3. The standard InChI is InChI=1S/C12H17NO.C10H20O4.C8H17NO.C8H16O3.C8H14O3.C7H15NO.C5H11NO/c1-9(2)12(14)11(13)8-10-6-4-3-5-7-10;1-9(2)10(11)8-14-7-6-13-5-4-12-3;1-5(2)7(9)8(10)6(3)4;1-7(2)8(9)6-11-5-4-10-3;1-6(2)7(9)4-3-5-8(10)11;1-6(2)7(9)5-8(3)4;1-4(2)5(7)3-6/h3-7,9,11H,8,13H2,1-2H3;9H,4-8H2,1-3H3;5-7H,9H2,1-4H3;7H,4-6H2,1-3H3;6H,3-5H2,1-2H3,(H,10,11);6H,5H2,1-4H3;4H,3,6H2,1-2H3. The second kappa shape index (κ2) is 54.4. The molecule has 2 atom stereocenters. The molecule has 1 rings (SSSR count). The van der Waals surface area contributed by atoms with E-state index in [4.69, 9.17) is 46.0 Å². The number of Topliss-reactive ketones (excluding diaryl/α,β-unsaturated/α-hetero) is 7. The first kappa shape index (κ1) is 83.3. The van der Waals surface area contributed by atoms with E-state index in [1.54, 1.807) is 14.2 Å². The monoisotopic (exact) mass is 1090 g/mol. The second-order valence-corrected chi connectivity index (χ2v) is 20.7. The van der Waals surface area contributed by atoms with Crippen LogP contribution in [-0.2, 0) is 68.5 Å². The summed E-state index contributed by atoms with van der Waals surface area (Å²) in [6.45, 7) is 34.4. The third-order valence-corrected chi connectivity index (χ3v) is 10.3. The number of likely N-dealkylation sites (N-methyl/N-ethyl adjacent to an activating group) is 1. The van der Waals surface area contributed by atoms with Gasteiger partial charge in [0.1, 0.15) is 30.6 Å². The van der Waals surface area contributed by atoms with Gasteiger partial charge in [0.05, 0.1) is 64.8 Å². The zero-order chi connectivity index (χ0) is 60.5. The Morgan fingerprint density at radius 1 is 0.500 bits per heavy atom. The predicted octanol–water partition coefficient (Wildman–Crippen LogP) is 7.15.